The molecule has 2 atom stereocenters. The molecule has 1 aromatic carbocycles. The van der Waals surface area contributed by atoms with E-state index in [-0.39, 0.29) is 12.1 Å². The molecule has 4 rings (SSSR count). The van der Waals surface area contributed by atoms with Crippen LogP contribution in [0.2, 0.25) is 0 Å². The molecular weight excluding hydrogens is 338 g/mol. The highest BCUT2D eigenvalue weighted by atomic mass is 15.2. The monoisotopic (exact) mass is 361 g/mol. The largest absolute Gasteiger partial charge is 0.350 e. The van der Waals surface area contributed by atoms with Crippen LogP contribution in [0.5, 0.6) is 0 Å². The van der Waals surface area contributed by atoms with Crippen LogP contribution in [0.3, 0.4) is 0 Å². The number of anilines is 3. The average molecular weight is 361 g/mol. The molecule has 138 valence electrons. The molecule has 0 amide bonds. The Kier molecular flexibility index (Phi) is 5.20. The summed E-state index contributed by atoms with van der Waals surface area (Å²) in [5.41, 5.74) is 9.29. The lowest BCUT2D eigenvalue weighted by Crippen LogP contribution is -2.42. The van der Waals surface area contributed by atoms with E-state index in [2.05, 4.69) is 30.8 Å². The highest BCUT2D eigenvalue weighted by Gasteiger charge is 2.22. The lowest BCUT2D eigenvalue weighted by molar-refractivity contribution is 0.402. The highest BCUT2D eigenvalue weighted by molar-refractivity contribution is 5.66. The SMILES string of the molecule is N[C@H]1CCCC[C@H]1Nc1nccc(Nc2ccc(-c3ccnnc3)cc2)n1. The Balaban J connectivity index is 1.43. The van der Waals surface area contributed by atoms with E-state index < -0.39 is 0 Å². The molecule has 2 aromatic heterocycles. The zero-order chi connectivity index (χ0) is 18.5. The minimum absolute atomic E-state index is 0.161. The van der Waals surface area contributed by atoms with Gasteiger partial charge in [-0.15, -0.1) is 0 Å². The van der Waals surface area contributed by atoms with E-state index in [9.17, 15) is 0 Å². The van der Waals surface area contributed by atoms with Gasteiger partial charge >= 0.3 is 0 Å². The van der Waals surface area contributed by atoms with Gasteiger partial charge in [0.05, 0.1) is 12.4 Å². The van der Waals surface area contributed by atoms with Crippen molar-refractivity contribution in [3.05, 3.63) is 55.0 Å². The summed E-state index contributed by atoms with van der Waals surface area (Å²) in [6.45, 7) is 0. The summed E-state index contributed by atoms with van der Waals surface area (Å²) in [5.74, 6) is 1.36. The number of aromatic nitrogens is 4. The maximum atomic E-state index is 6.21. The fourth-order valence-corrected chi connectivity index (χ4v) is 3.36. The Hall–Kier alpha value is -3.06. The number of hydrogen-bond acceptors (Lipinski definition) is 7. The molecular formula is C20H23N7. The molecule has 1 aliphatic carbocycles. The fourth-order valence-electron chi connectivity index (χ4n) is 3.36. The fraction of sp³-hybridized carbons (Fsp3) is 0.300. The summed E-state index contributed by atoms with van der Waals surface area (Å²) >= 11 is 0. The summed E-state index contributed by atoms with van der Waals surface area (Å²) in [6, 6.07) is 12.3. The van der Waals surface area contributed by atoms with Gasteiger partial charge in [-0.2, -0.15) is 15.2 Å². The number of rotatable bonds is 5. The Morgan fingerprint density at radius 2 is 1.74 bits per heavy atom. The zero-order valence-corrected chi connectivity index (χ0v) is 15.0. The van der Waals surface area contributed by atoms with Crippen LogP contribution < -0.4 is 16.4 Å². The van der Waals surface area contributed by atoms with Crippen LogP contribution in [0, 0.1) is 0 Å². The van der Waals surface area contributed by atoms with Gasteiger partial charge in [0, 0.05) is 29.5 Å². The van der Waals surface area contributed by atoms with Gasteiger partial charge in [-0.05, 0) is 42.7 Å². The first-order valence-electron chi connectivity index (χ1n) is 9.27. The van der Waals surface area contributed by atoms with Crippen LogP contribution >= 0.6 is 0 Å². The van der Waals surface area contributed by atoms with Gasteiger partial charge in [0.15, 0.2) is 0 Å². The molecule has 0 aliphatic heterocycles. The second-order valence-corrected chi connectivity index (χ2v) is 6.80. The lowest BCUT2D eigenvalue weighted by Gasteiger charge is -2.29. The van der Waals surface area contributed by atoms with Gasteiger partial charge in [0.2, 0.25) is 5.95 Å². The molecule has 7 nitrogen and oxygen atoms in total. The third-order valence-corrected chi connectivity index (χ3v) is 4.86. The van der Waals surface area contributed by atoms with E-state index in [1.54, 1.807) is 18.6 Å². The van der Waals surface area contributed by atoms with Crippen molar-refractivity contribution >= 4 is 17.5 Å². The van der Waals surface area contributed by atoms with Gasteiger partial charge in [0.25, 0.3) is 0 Å². The van der Waals surface area contributed by atoms with E-state index in [1.807, 2.05) is 36.4 Å². The number of hydrogen-bond donors (Lipinski definition) is 3. The molecule has 2 heterocycles. The second-order valence-electron chi connectivity index (χ2n) is 6.80. The van der Waals surface area contributed by atoms with Crippen molar-refractivity contribution in [1.82, 2.24) is 20.2 Å². The second kappa shape index (κ2) is 8.09. The maximum absolute atomic E-state index is 6.21. The third-order valence-electron chi connectivity index (χ3n) is 4.86. The van der Waals surface area contributed by atoms with Gasteiger partial charge in [-0.3, -0.25) is 0 Å². The molecule has 1 aliphatic rings. The van der Waals surface area contributed by atoms with Crippen molar-refractivity contribution in [2.24, 2.45) is 5.73 Å². The van der Waals surface area contributed by atoms with E-state index in [1.165, 1.54) is 12.8 Å². The predicted octanol–water partition coefficient (Wildman–Crippen LogP) is 3.36. The smallest absolute Gasteiger partial charge is 0.224 e. The summed E-state index contributed by atoms with van der Waals surface area (Å²) in [5, 5.41) is 14.4. The topological polar surface area (TPSA) is 102 Å². The number of nitrogens with one attached hydrogen (secondary N) is 2. The van der Waals surface area contributed by atoms with E-state index in [4.69, 9.17) is 5.73 Å². The van der Waals surface area contributed by atoms with E-state index in [0.29, 0.717) is 5.95 Å². The van der Waals surface area contributed by atoms with Crippen LogP contribution in [0.25, 0.3) is 11.1 Å². The van der Waals surface area contributed by atoms with E-state index in [0.717, 1.165) is 35.5 Å². The van der Waals surface area contributed by atoms with Crippen LogP contribution in [0.4, 0.5) is 17.5 Å². The molecule has 3 aromatic rings. The quantitative estimate of drug-likeness (QED) is 0.640. The first kappa shape index (κ1) is 17.4. The lowest BCUT2D eigenvalue weighted by atomic mass is 9.91. The Labute approximate surface area is 158 Å². The molecule has 1 fully saturated rings. The van der Waals surface area contributed by atoms with Crippen molar-refractivity contribution in [1.29, 1.82) is 0 Å². The summed E-state index contributed by atoms with van der Waals surface area (Å²) in [4.78, 5) is 8.90. The van der Waals surface area contributed by atoms with Crippen LogP contribution in [0.1, 0.15) is 25.7 Å². The summed E-state index contributed by atoms with van der Waals surface area (Å²) in [7, 11) is 0. The Bertz CT molecular complexity index is 867. The third kappa shape index (κ3) is 4.38. The van der Waals surface area contributed by atoms with Gasteiger partial charge in [-0.25, -0.2) is 4.98 Å². The Morgan fingerprint density at radius 1 is 0.889 bits per heavy atom. The van der Waals surface area contributed by atoms with Crippen LogP contribution in [0.15, 0.2) is 55.0 Å². The van der Waals surface area contributed by atoms with Gasteiger partial charge in [0.1, 0.15) is 5.82 Å². The minimum atomic E-state index is 0.161. The Morgan fingerprint density at radius 3 is 2.52 bits per heavy atom. The molecule has 27 heavy (non-hydrogen) atoms. The summed E-state index contributed by atoms with van der Waals surface area (Å²) in [6.07, 6.45) is 9.71. The molecule has 1 saturated carbocycles. The van der Waals surface area contributed by atoms with Crippen molar-refractivity contribution < 1.29 is 0 Å². The number of benzene rings is 1. The molecule has 4 N–H and O–H groups in total. The molecule has 7 heteroatoms. The predicted molar refractivity (Wildman–Crippen MR) is 107 cm³/mol. The first-order valence-corrected chi connectivity index (χ1v) is 9.27. The average Bonchev–Trinajstić information content (AvgIpc) is 2.71. The van der Waals surface area contributed by atoms with Crippen molar-refractivity contribution in [2.75, 3.05) is 10.6 Å². The number of nitrogens with two attached hydrogens (primary N) is 1. The van der Waals surface area contributed by atoms with Gasteiger partial charge in [-0.1, -0.05) is 25.0 Å². The summed E-state index contributed by atoms with van der Waals surface area (Å²) < 4.78 is 0. The van der Waals surface area contributed by atoms with Gasteiger partial charge < -0.3 is 16.4 Å². The first-order chi connectivity index (χ1) is 13.3. The van der Waals surface area contributed by atoms with Crippen molar-refractivity contribution in [3.8, 4) is 11.1 Å². The standard InChI is InChI=1S/C20H23N7/c21-17-3-1-2-4-18(17)26-20-22-11-10-19(27-20)25-16-7-5-14(6-8-16)15-9-12-23-24-13-15/h5-13,17-18H,1-4,21H2,(H2,22,25,26,27)/t17-,18+/m0/s1. The molecule has 0 unspecified atom stereocenters. The molecule has 0 saturated heterocycles. The molecule has 0 bridgehead atoms. The highest BCUT2D eigenvalue weighted by Crippen LogP contribution is 2.23. The van der Waals surface area contributed by atoms with Crippen molar-refractivity contribution in [3.63, 3.8) is 0 Å². The maximum Gasteiger partial charge on any atom is 0.224 e. The normalized spacial score (nSPS) is 19.4. The van der Waals surface area contributed by atoms with Crippen LogP contribution in [-0.4, -0.2) is 32.2 Å². The zero-order valence-electron chi connectivity index (χ0n) is 15.0. The van der Waals surface area contributed by atoms with Crippen molar-refractivity contribution in [2.45, 2.75) is 37.8 Å². The molecule has 0 radical (unpaired) electrons. The number of nitrogens with zero attached hydrogens (tertiary/aromatic N) is 4. The minimum Gasteiger partial charge on any atom is -0.350 e. The molecule has 0 spiro atoms. The van der Waals surface area contributed by atoms with E-state index >= 15 is 0 Å². The van der Waals surface area contributed by atoms with Crippen LogP contribution in [-0.2, 0) is 0 Å².